The first-order valence-electron chi connectivity index (χ1n) is 3.56. The van der Waals surface area contributed by atoms with E-state index in [2.05, 4.69) is 4.98 Å². The van der Waals surface area contributed by atoms with E-state index in [1.807, 2.05) is 0 Å². The molecule has 0 amide bonds. The molecule has 70 valence electrons. The first kappa shape index (κ1) is 9.57. The summed E-state index contributed by atoms with van der Waals surface area (Å²) < 4.78 is 24.5. The van der Waals surface area contributed by atoms with E-state index in [0.29, 0.717) is 6.29 Å². The van der Waals surface area contributed by atoms with Gasteiger partial charge in [0.25, 0.3) is 6.43 Å². The topological polar surface area (TPSA) is 56.0 Å². The van der Waals surface area contributed by atoms with Gasteiger partial charge in [-0.2, -0.15) is 0 Å². The smallest absolute Gasteiger partial charge is 0.280 e. The average Bonchev–Trinajstić information content (AvgIpc) is 2.03. The molecule has 5 heteroatoms. The van der Waals surface area contributed by atoms with Crippen LogP contribution >= 0.6 is 0 Å². The second-order valence-corrected chi connectivity index (χ2v) is 2.58. The Morgan fingerprint density at radius 3 is 2.69 bits per heavy atom. The van der Waals surface area contributed by atoms with Crippen LogP contribution < -0.4 is 5.73 Å². The molecule has 0 aliphatic heterocycles. The molecule has 0 unspecified atom stereocenters. The van der Waals surface area contributed by atoms with Crippen LogP contribution in [0.2, 0.25) is 0 Å². The second-order valence-electron chi connectivity index (χ2n) is 2.58. The summed E-state index contributed by atoms with van der Waals surface area (Å²) in [6.45, 7) is 1.47. The molecule has 0 spiro atoms. The molecule has 0 radical (unpaired) electrons. The molecule has 0 aromatic carbocycles. The van der Waals surface area contributed by atoms with E-state index in [-0.39, 0.29) is 16.9 Å². The van der Waals surface area contributed by atoms with E-state index in [4.69, 9.17) is 5.73 Å². The van der Waals surface area contributed by atoms with Gasteiger partial charge in [-0.1, -0.05) is 0 Å². The van der Waals surface area contributed by atoms with E-state index in [1.54, 1.807) is 0 Å². The minimum absolute atomic E-state index is 0.122. The van der Waals surface area contributed by atoms with Crippen LogP contribution in [0.5, 0.6) is 0 Å². The number of anilines is 1. The maximum Gasteiger partial charge on any atom is 0.280 e. The predicted molar refractivity (Wildman–Crippen MR) is 43.7 cm³/mol. The molecular formula is C8H8F2N2O. The molecule has 0 aliphatic carbocycles. The van der Waals surface area contributed by atoms with Crippen molar-refractivity contribution in [3.8, 4) is 0 Å². The van der Waals surface area contributed by atoms with Gasteiger partial charge in [0.05, 0.1) is 5.69 Å². The van der Waals surface area contributed by atoms with Gasteiger partial charge in [0, 0.05) is 0 Å². The lowest BCUT2D eigenvalue weighted by molar-refractivity contribution is 0.111. The molecule has 0 saturated heterocycles. The molecule has 3 nitrogen and oxygen atoms in total. The van der Waals surface area contributed by atoms with Crippen LogP contribution in [0.15, 0.2) is 6.07 Å². The van der Waals surface area contributed by atoms with Crippen molar-refractivity contribution in [3.63, 3.8) is 0 Å². The van der Waals surface area contributed by atoms with Gasteiger partial charge in [-0.05, 0) is 18.6 Å². The lowest BCUT2D eigenvalue weighted by Gasteiger charge is -2.06. The van der Waals surface area contributed by atoms with Gasteiger partial charge in [-0.15, -0.1) is 0 Å². The van der Waals surface area contributed by atoms with E-state index in [0.717, 1.165) is 0 Å². The van der Waals surface area contributed by atoms with Gasteiger partial charge in [0.15, 0.2) is 6.29 Å². The normalized spacial score (nSPS) is 10.5. The van der Waals surface area contributed by atoms with Gasteiger partial charge in [0.1, 0.15) is 11.4 Å². The molecule has 1 heterocycles. The van der Waals surface area contributed by atoms with Gasteiger partial charge >= 0.3 is 0 Å². The van der Waals surface area contributed by atoms with Crippen molar-refractivity contribution in [1.29, 1.82) is 0 Å². The number of hydrogen-bond donors (Lipinski definition) is 1. The minimum atomic E-state index is -2.68. The standard InChI is InChI=1S/C8H8F2N2O/c1-4-2-5(11)6(3-13)12-7(4)8(9)10/h2-3,8H,11H2,1H3. The number of aryl methyl sites for hydroxylation is 1. The predicted octanol–water partition coefficient (Wildman–Crippen LogP) is 1.72. The Morgan fingerprint density at radius 2 is 2.23 bits per heavy atom. The van der Waals surface area contributed by atoms with Crippen molar-refractivity contribution in [3.05, 3.63) is 23.0 Å². The quantitative estimate of drug-likeness (QED) is 0.715. The highest BCUT2D eigenvalue weighted by Crippen LogP contribution is 2.22. The third kappa shape index (κ3) is 1.80. The number of nitrogens with zero attached hydrogens (tertiary/aromatic N) is 1. The largest absolute Gasteiger partial charge is 0.397 e. The molecular weight excluding hydrogens is 178 g/mol. The summed E-state index contributed by atoms with van der Waals surface area (Å²) >= 11 is 0. The highest BCUT2D eigenvalue weighted by molar-refractivity contribution is 5.80. The summed E-state index contributed by atoms with van der Waals surface area (Å²) in [7, 11) is 0. The van der Waals surface area contributed by atoms with Gasteiger partial charge in [-0.25, -0.2) is 13.8 Å². The number of nitrogens with two attached hydrogens (primary N) is 1. The third-order valence-electron chi connectivity index (χ3n) is 1.63. The zero-order valence-electron chi connectivity index (χ0n) is 6.92. The number of aldehydes is 1. The lowest BCUT2D eigenvalue weighted by Crippen LogP contribution is -2.03. The highest BCUT2D eigenvalue weighted by Gasteiger charge is 2.14. The Hall–Kier alpha value is -1.52. The van der Waals surface area contributed by atoms with Crippen LogP contribution in [-0.2, 0) is 0 Å². The monoisotopic (exact) mass is 186 g/mol. The maximum absolute atomic E-state index is 12.3. The Balaban J connectivity index is 3.30. The third-order valence-corrected chi connectivity index (χ3v) is 1.63. The van der Waals surface area contributed by atoms with E-state index < -0.39 is 12.1 Å². The number of pyridine rings is 1. The van der Waals surface area contributed by atoms with Crippen LogP contribution in [0.3, 0.4) is 0 Å². The van der Waals surface area contributed by atoms with Crippen molar-refractivity contribution >= 4 is 12.0 Å². The molecule has 0 atom stereocenters. The van der Waals surface area contributed by atoms with Crippen LogP contribution in [0, 0.1) is 6.92 Å². The molecule has 0 bridgehead atoms. The van der Waals surface area contributed by atoms with E-state index in [1.165, 1.54) is 13.0 Å². The SMILES string of the molecule is Cc1cc(N)c(C=O)nc1C(F)F. The first-order chi connectivity index (χ1) is 6.06. The molecule has 1 aromatic rings. The number of hydrogen-bond acceptors (Lipinski definition) is 3. The van der Waals surface area contributed by atoms with Crippen molar-refractivity contribution in [2.75, 3.05) is 5.73 Å². The van der Waals surface area contributed by atoms with Crippen molar-refractivity contribution in [2.24, 2.45) is 0 Å². The van der Waals surface area contributed by atoms with Crippen LogP contribution in [0.25, 0.3) is 0 Å². The van der Waals surface area contributed by atoms with Crippen LogP contribution in [0.1, 0.15) is 28.2 Å². The second kappa shape index (κ2) is 3.47. The number of rotatable bonds is 2. The molecule has 0 fully saturated rings. The van der Waals surface area contributed by atoms with E-state index >= 15 is 0 Å². The molecule has 0 aliphatic rings. The van der Waals surface area contributed by atoms with Crippen molar-refractivity contribution < 1.29 is 13.6 Å². The Kier molecular flexibility index (Phi) is 2.55. The number of alkyl halides is 2. The van der Waals surface area contributed by atoms with Crippen molar-refractivity contribution in [2.45, 2.75) is 13.3 Å². The van der Waals surface area contributed by atoms with Gasteiger partial charge in [-0.3, -0.25) is 4.79 Å². The summed E-state index contributed by atoms with van der Waals surface area (Å²) in [5, 5.41) is 0. The Bertz CT molecular complexity index is 339. The van der Waals surface area contributed by atoms with Gasteiger partial charge in [0.2, 0.25) is 0 Å². The zero-order chi connectivity index (χ0) is 10.0. The number of aromatic nitrogens is 1. The summed E-state index contributed by atoms with van der Waals surface area (Å²) in [5.41, 5.74) is 5.24. The summed E-state index contributed by atoms with van der Waals surface area (Å²) in [4.78, 5) is 13.8. The summed E-state index contributed by atoms with van der Waals surface area (Å²) in [6.07, 6.45) is -2.32. The fourth-order valence-corrected chi connectivity index (χ4v) is 0.979. The number of carbonyl (C=O) groups excluding carboxylic acids is 1. The van der Waals surface area contributed by atoms with E-state index in [9.17, 15) is 13.6 Å². The fraction of sp³-hybridized carbons (Fsp3) is 0.250. The molecule has 1 aromatic heterocycles. The highest BCUT2D eigenvalue weighted by atomic mass is 19.3. The number of nitrogen functional groups attached to an aromatic ring is 1. The first-order valence-corrected chi connectivity index (χ1v) is 3.56. The molecule has 0 saturated carbocycles. The lowest BCUT2D eigenvalue weighted by atomic mass is 10.2. The fourth-order valence-electron chi connectivity index (χ4n) is 0.979. The van der Waals surface area contributed by atoms with Crippen molar-refractivity contribution in [1.82, 2.24) is 4.98 Å². The van der Waals surface area contributed by atoms with Crippen LogP contribution in [-0.4, -0.2) is 11.3 Å². The number of carbonyl (C=O) groups is 1. The average molecular weight is 186 g/mol. The maximum atomic E-state index is 12.3. The zero-order valence-corrected chi connectivity index (χ0v) is 6.92. The minimum Gasteiger partial charge on any atom is -0.397 e. The summed E-state index contributed by atoms with van der Waals surface area (Å²) in [5.74, 6) is 0. The molecule has 13 heavy (non-hydrogen) atoms. The Labute approximate surface area is 73.6 Å². The molecule has 2 N–H and O–H groups in total. The van der Waals surface area contributed by atoms with Crippen LogP contribution in [0.4, 0.5) is 14.5 Å². The Morgan fingerprint density at radius 1 is 1.62 bits per heavy atom. The molecule has 1 rings (SSSR count). The van der Waals surface area contributed by atoms with Gasteiger partial charge < -0.3 is 5.73 Å². The number of halogens is 2. The summed E-state index contributed by atoms with van der Waals surface area (Å²) in [6, 6.07) is 1.32.